The van der Waals surface area contributed by atoms with E-state index in [1.165, 1.54) is 18.1 Å². The number of rotatable bonds is 4. The Hall–Kier alpha value is -3.48. The molecule has 0 aliphatic heterocycles. The summed E-state index contributed by atoms with van der Waals surface area (Å²) in [7, 11) is 1.53. The molecule has 2 heterocycles. The van der Waals surface area contributed by atoms with Crippen molar-refractivity contribution in [2.45, 2.75) is 20.4 Å². The van der Waals surface area contributed by atoms with Crippen LogP contribution >= 0.6 is 0 Å². The molecule has 0 atom stereocenters. The number of anilines is 1. The summed E-state index contributed by atoms with van der Waals surface area (Å²) in [6, 6.07) is 12.4. The lowest BCUT2D eigenvalue weighted by molar-refractivity contribution is 0.416. The molecule has 0 amide bonds. The summed E-state index contributed by atoms with van der Waals surface area (Å²) in [6.45, 7) is 3.57. The van der Waals surface area contributed by atoms with Crippen molar-refractivity contribution in [3.8, 4) is 5.75 Å². The minimum absolute atomic E-state index is 0.133. The van der Waals surface area contributed by atoms with Crippen LogP contribution in [-0.4, -0.2) is 28.3 Å². The summed E-state index contributed by atoms with van der Waals surface area (Å²) in [5, 5.41) is 16.8. The predicted molar refractivity (Wildman–Crippen MR) is 107 cm³/mol. The average molecular weight is 363 g/mol. The lowest BCUT2D eigenvalue weighted by Crippen LogP contribution is -2.32. The van der Waals surface area contributed by atoms with E-state index in [0.717, 1.165) is 11.1 Å². The molecule has 0 fully saturated rings. The number of nitrogens with one attached hydrogen (secondary N) is 2. The fraction of sp³-hybridized carbons (Fsp3) is 0.200. The lowest BCUT2D eigenvalue weighted by Gasteiger charge is -2.25. The van der Waals surface area contributed by atoms with E-state index in [1.54, 1.807) is 36.7 Å². The van der Waals surface area contributed by atoms with Gasteiger partial charge in [-0.2, -0.15) is 0 Å². The molecule has 7 heteroatoms. The van der Waals surface area contributed by atoms with Gasteiger partial charge in [0.25, 0.3) is 5.56 Å². The van der Waals surface area contributed by atoms with Crippen LogP contribution in [0.1, 0.15) is 19.5 Å². The maximum Gasteiger partial charge on any atom is 0.251 e. The van der Waals surface area contributed by atoms with E-state index < -0.39 is 0 Å². The molecule has 0 saturated heterocycles. The van der Waals surface area contributed by atoms with Crippen molar-refractivity contribution in [3.05, 3.63) is 64.7 Å². The molecule has 7 nitrogen and oxygen atoms in total. The first-order chi connectivity index (χ1) is 12.9. The van der Waals surface area contributed by atoms with Gasteiger partial charge in [0.2, 0.25) is 0 Å². The summed E-state index contributed by atoms with van der Waals surface area (Å²) in [5.41, 5.74) is 1.95. The number of methoxy groups -OCH3 is 1. The number of hydrogen-bond acceptors (Lipinski definition) is 5. The summed E-state index contributed by atoms with van der Waals surface area (Å²) >= 11 is 0. The molecule has 2 N–H and O–H groups in total. The van der Waals surface area contributed by atoms with Crippen molar-refractivity contribution in [1.29, 1.82) is 10.8 Å². The molecule has 0 spiro atoms. The van der Waals surface area contributed by atoms with E-state index in [4.69, 9.17) is 15.6 Å². The largest absolute Gasteiger partial charge is 0.494 e. The quantitative estimate of drug-likeness (QED) is 0.549. The van der Waals surface area contributed by atoms with E-state index in [9.17, 15) is 4.79 Å². The van der Waals surface area contributed by atoms with Crippen molar-refractivity contribution >= 4 is 28.3 Å². The molecule has 0 bridgehead atoms. The van der Waals surface area contributed by atoms with Crippen LogP contribution in [0.3, 0.4) is 0 Å². The van der Waals surface area contributed by atoms with Gasteiger partial charge in [0.15, 0.2) is 0 Å². The van der Waals surface area contributed by atoms with E-state index in [-0.39, 0.29) is 17.2 Å². The molecular weight excluding hydrogens is 342 g/mol. The van der Waals surface area contributed by atoms with Crippen LogP contribution in [0.25, 0.3) is 10.9 Å². The molecule has 27 heavy (non-hydrogen) atoms. The molecule has 2 aromatic heterocycles. The zero-order chi connectivity index (χ0) is 19.6. The minimum Gasteiger partial charge on any atom is -0.494 e. The maximum atomic E-state index is 12.5. The first kappa shape index (κ1) is 18.3. The third kappa shape index (κ3) is 3.57. The monoisotopic (exact) mass is 363 g/mol. The van der Waals surface area contributed by atoms with Crippen molar-refractivity contribution in [1.82, 2.24) is 9.55 Å². The summed E-state index contributed by atoms with van der Waals surface area (Å²) in [5.74, 6) is 0.907. The average Bonchev–Trinajstić information content (AvgIpc) is 2.64. The van der Waals surface area contributed by atoms with Crippen molar-refractivity contribution in [3.63, 3.8) is 0 Å². The van der Waals surface area contributed by atoms with Crippen LogP contribution in [0, 0.1) is 10.8 Å². The van der Waals surface area contributed by atoms with Gasteiger partial charge in [-0.15, -0.1) is 0 Å². The second kappa shape index (κ2) is 7.41. The first-order valence-electron chi connectivity index (χ1n) is 8.44. The van der Waals surface area contributed by atoms with Crippen molar-refractivity contribution in [2.75, 3.05) is 12.0 Å². The molecule has 0 radical (unpaired) electrons. The Balaban J connectivity index is 2.22. The Labute approximate surface area is 156 Å². The first-order valence-corrected chi connectivity index (χ1v) is 8.44. The standard InChI is InChI=1S/C20H21N5O2/c1-13(21)25(14(2)22)18-10-15-7-8-20(26)24(17(15)11-19(18)27-3)12-16-6-4-5-9-23-16/h4-11,21-22H,12H2,1-3H3. The second-order valence-corrected chi connectivity index (χ2v) is 6.17. The number of aromatic nitrogens is 2. The summed E-state index contributed by atoms with van der Waals surface area (Å²) in [6.07, 6.45) is 1.70. The Bertz CT molecular complexity index is 1060. The molecule has 138 valence electrons. The molecular formula is C20H21N5O2. The highest BCUT2D eigenvalue weighted by atomic mass is 16.5. The van der Waals surface area contributed by atoms with Gasteiger partial charge in [0.1, 0.15) is 17.4 Å². The van der Waals surface area contributed by atoms with Gasteiger partial charge in [-0.1, -0.05) is 6.07 Å². The van der Waals surface area contributed by atoms with Gasteiger partial charge in [0.05, 0.1) is 30.6 Å². The Morgan fingerprint density at radius 3 is 2.48 bits per heavy atom. The number of fused-ring (bicyclic) bond motifs is 1. The molecule has 0 aliphatic carbocycles. The van der Waals surface area contributed by atoms with Gasteiger partial charge < -0.3 is 9.30 Å². The van der Waals surface area contributed by atoms with Crippen molar-refractivity contribution in [2.24, 2.45) is 0 Å². The van der Waals surface area contributed by atoms with E-state index in [2.05, 4.69) is 4.98 Å². The fourth-order valence-corrected chi connectivity index (χ4v) is 3.08. The van der Waals surface area contributed by atoms with Gasteiger partial charge in [-0.25, -0.2) is 0 Å². The third-order valence-corrected chi connectivity index (χ3v) is 4.25. The minimum atomic E-state index is -0.133. The normalized spacial score (nSPS) is 10.6. The Kier molecular flexibility index (Phi) is 5.03. The Morgan fingerprint density at radius 1 is 1.15 bits per heavy atom. The third-order valence-electron chi connectivity index (χ3n) is 4.25. The van der Waals surface area contributed by atoms with Crippen LogP contribution in [0.2, 0.25) is 0 Å². The van der Waals surface area contributed by atoms with Crippen LogP contribution in [0.15, 0.2) is 53.5 Å². The highest BCUT2D eigenvalue weighted by Crippen LogP contribution is 2.33. The van der Waals surface area contributed by atoms with Gasteiger partial charge in [-0.3, -0.25) is 25.5 Å². The number of hydrogen-bond donors (Lipinski definition) is 2. The zero-order valence-electron chi connectivity index (χ0n) is 15.5. The lowest BCUT2D eigenvalue weighted by atomic mass is 10.1. The topological polar surface area (TPSA) is 95.1 Å². The predicted octanol–water partition coefficient (Wildman–Crippen LogP) is 3.25. The van der Waals surface area contributed by atoms with E-state index in [0.29, 0.717) is 23.5 Å². The Morgan fingerprint density at radius 2 is 1.89 bits per heavy atom. The number of benzene rings is 1. The number of pyridine rings is 2. The highest BCUT2D eigenvalue weighted by molar-refractivity contribution is 6.17. The molecule has 0 aliphatic rings. The summed E-state index contributed by atoms with van der Waals surface area (Å²) < 4.78 is 7.16. The van der Waals surface area contributed by atoms with Crippen LogP contribution < -0.4 is 15.2 Å². The highest BCUT2D eigenvalue weighted by Gasteiger charge is 2.18. The molecule has 3 aromatic rings. The van der Waals surface area contributed by atoms with Crippen molar-refractivity contribution < 1.29 is 4.74 Å². The smallest absolute Gasteiger partial charge is 0.251 e. The number of ether oxygens (including phenoxy) is 1. The fourth-order valence-electron chi connectivity index (χ4n) is 3.08. The molecule has 1 aromatic carbocycles. The van der Waals surface area contributed by atoms with E-state index in [1.807, 2.05) is 24.3 Å². The van der Waals surface area contributed by atoms with Gasteiger partial charge in [-0.05, 0) is 38.1 Å². The SMILES string of the molecule is COc1cc2c(ccc(=O)n2Cc2ccccn2)cc1N(C(C)=N)C(C)=N. The van der Waals surface area contributed by atoms with Crippen LogP contribution in [0.4, 0.5) is 5.69 Å². The number of nitrogens with zero attached hydrogens (tertiary/aromatic N) is 3. The molecule has 0 saturated carbocycles. The molecule has 3 rings (SSSR count). The van der Waals surface area contributed by atoms with Gasteiger partial charge >= 0.3 is 0 Å². The van der Waals surface area contributed by atoms with Crippen LogP contribution in [0.5, 0.6) is 5.75 Å². The second-order valence-electron chi connectivity index (χ2n) is 6.17. The van der Waals surface area contributed by atoms with Crippen LogP contribution in [-0.2, 0) is 6.54 Å². The van der Waals surface area contributed by atoms with Gasteiger partial charge in [0, 0.05) is 23.7 Å². The van der Waals surface area contributed by atoms with E-state index >= 15 is 0 Å². The maximum absolute atomic E-state index is 12.5. The molecule has 0 unspecified atom stereocenters. The number of amidine groups is 2. The summed E-state index contributed by atoms with van der Waals surface area (Å²) in [4.78, 5) is 18.3. The zero-order valence-corrected chi connectivity index (χ0v) is 15.5.